The lowest BCUT2D eigenvalue weighted by Crippen LogP contribution is -2.46. The predicted octanol–water partition coefficient (Wildman–Crippen LogP) is 1.68. The van der Waals surface area contributed by atoms with Crippen LogP contribution in [-0.2, 0) is 14.4 Å². The minimum atomic E-state index is -0.531. The molecule has 0 heterocycles. The summed E-state index contributed by atoms with van der Waals surface area (Å²) in [7, 11) is 0. The van der Waals surface area contributed by atoms with Crippen LogP contribution in [0, 0.1) is 11.7 Å². The summed E-state index contributed by atoms with van der Waals surface area (Å²) in [4.78, 5) is 35.1. The average molecular weight is 347 g/mol. The van der Waals surface area contributed by atoms with E-state index < -0.39 is 11.8 Å². The summed E-state index contributed by atoms with van der Waals surface area (Å²) in [5, 5.41) is 2.58. The molecule has 1 aliphatic carbocycles. The van der Waals surface area contributed by atoms with Gasteiger partial charge < -0.3 is 5.32 Å². The first-order chi connectivity index (χ1) is 12.0. The fourth-order valence-electron chi connectivity index (χ4n) is 2.64. The van der Waals surface area contributed by atoms with Gasteiger partial charge in [0, 0.05) is 12.0 Å². The summed E-state index contributed by atoms with van der Waals surface area (Å²) in [6, 6.07) is 5.62. The van der Waals surface area contributed by atoms with Crippen molar-refractivity contribution < 1.29 is 18.8 Å². The highest BCUT2D eigenvalue weighted by atomic mass is 19.1. The van der Waals surface area contributed by atoms with Crippen molar-refractivity contribution in [2.75, 3.05) is 6.54 Å². The first-order valence-corrected chi connectivity index (χ1v) is 8.35. The number of nitrogens with one attached hydrogen (secondary N) is 3. The van der Waals surface area contributed by atoms with E-state index in [-0.39, 0.29) is 24.2 Å². The highest BCUT2D eigenvalue weighted by molar-refractivity contribution is 5.93. The molecule has 1 aromatic carbocycles. The molecule has 134 valence electrons. The zero-order valence-electron chi connectivity index (χ0n) is 13.9. The topological polar surface area (TPSA) is 87.3 Å². The second-order valence-electron chi connectivity index (χ2n) is 5.98. The minimum absolute atomic E-state index is 0.0187. The Morgan fingerprint density at radius 2 is 1.72 bits per heavy atom. The van der Waals surface area contributed by atoms with Crippen LogP contribution in [0.4, 0.5) is 4.39 Å². The van der Waals surface area contributed by atoms with Crippen LogP contribution >= 0.6 is 0 Å². The van der Waals surface area contributed by atoms with Crippen molar-refractivity contribution in [1.29, 1.82) is 0 Å². The number of carbonyl (C=O) groups excluding carboxylic acids is 3. The van der Waals surface area contributed by atoms with E-state index in [1.807, 2.05) is 0 Å². The number of hydrogen-bond donors (Lipinski definition) is 3. The van der Waals surface area contributed by atoms with Crippen molar-refractivity contribution in [3.63, 3.8) is 0 Å². The van der Waals surface area contributed by atoms with Crippen molar-refractivity contribution in [2.24, 2.45) is 5.92 Å². The molecular formula is C18H22FN3O3. The van der Waals surface area contributed by atoms with E-state index in [1.165, 1.54) is 36.4 Å². The van der Waals surface area contributed by atoms with Crippen molar-refractivity contribution in [3.8, 4) is 0 Å². The lowest BCUT2D eigenvalue weighted by atomic mass is 9.89. The molecule has 0 aliphatic heterocycles. The lowest BCUT2D eigenvalue weighted by molar-refractivity contribution is -0.130. The Morgan fingerprint density at radius 3 is 2.40 bits per heavy atom. The third-order valence-electron chi connectivity index (χ3n) is 4.02. The van der Waals surface area contributed by atoms with Crippen LogP contribution in [-0.4, -0.2) is 24.3 Å². The van der Waals surface area contributed by atoms with Gasteiger partial charge in [-0.2, -0.15) is 0 Å². The van der Waals surface area contributed by atoms with Gasteiger partial charge in [0.15, 0.2) is 0 Å². The molecule has 0 aromatic heterocycles. The molecule has 6 nitrogen and oxygen atoms in total. The number of hydrogen-bond acceptors (Lipinski definition) is 3. The number of amides is 3. The molecule has 3 amide bonds. The number of carbonyl (C=O) groups is 3. The normalized spacial score (nSPS) is 14.9. The first-order valence-electron chi connectivity index (χ1n) is 8.35. The fourth-order valence-corrected chi connectivity index (χ4v) is 2.64. The van der Waals surface area contributed by atoms with Gasteiger partial charge in [0.1, 0.15) is 5.82 Å². The molecule has 0 radical (unpaired) electrons. The Kier molecular flexibility index (Phi) is 7.13. The highest BCUT2D eigenvalue weighted by Crippen LogP contribution is 2.23. The third kappa shape index (κ3) is 6.74. The van der Waals surface area contributed by atoms with Crippen LogP contribution in [0.2, 0.25) is 0 Å². The number of halogens is 1. The largest absolute Gasteiger partial charge is 0.347 e. The summed E-state index contributed by atoms with van der Waals surface area (Å²) in [5.74, 6) is -1.53. The van der Waals surface area contributed by atoms with Crippen LogP contribution in [0.5, 0.6) is 0 Å². The van der Waals surface area contributed by atoms with E-state index in [1.54, 1.807) is 0 Å². The lowest BCUT2D eigenvalue weighted by Gasteiger charge is -2.20. The van der Waals surface area contributed by atoms with E-state index in [2.05, 4.69) is 16.2 Å². The van der Waals surface area contributed by atoms with Crippen molar-refractivity contribution >= 4 is 23.8 Å². The van der Waals surface area contributed by atoms with Crippen LogP contribution in [0.1, 0.15) is 37.7 Å². The molecule has 3 N–H and O–H groups in total. The van der Waals surface area contributed by atoms with Gasteiger partial charge in [-0.05, 0) is 36.6 Å². The minimum Gasteiger partial charge on any atom is -0.347 e. The molecule has 0 spiro atoms. The van der Waals surface area contributed by atoms with E-state index >= 15 is 0 Å². The van der Waals surface area contributed by atoms with Crippen LogP contribution < -0.4 is 16.2 Å². The maximum Gasteiger partial charge on any atom is 0.262 e. The Bertz CT molecular complexity index is 637. The SMILES string of the molecule is O=C(/C=C/c1ccc(F)cc1)NNC(=O)CNC(=O)C1CCCCC1. The summed E-state index contributed by atoms with van der Waals surface area (Å²) < 4.78 is 12.8. The fraction of sp³-hybridized carbons (Fsp3) is 0.389. The number of hydrazine groups is 1. The van der Waals surface area contributed by atoms with Gasteiger partial charge in [0.25, 0.3) is 11.8 Å². The van der Waals surface area contributed by atoms with Gasteiger partial charge in [-0.15, -0.1) is 0 Å². The second-order valence-corrected chi connectivity index (χ2v) is 5.98. The molecule has 7 heteroatoms. The predicted molar refractivity (Wildman–Crippen MR) is 91.3 cm³/mol. The Balaban J connectivity index is 1.65. The number of rotatable bonds is 5. The van der Waals surface area contributed by atoms with Gasteiger partial charge in [-0.3, -0.25) is 25.2 Å². The van der Waals surface area contributed by atoms with E-state index in [4.69, 9.17) is 0 Å². The molecule has 2 rings (SSSR count). The van der Waals surface area contributed by atoms with Crippen LogP contribution in [0.15, 0.2) is 30.3 Å². The van der Waals surface area contributed by atoms with Gasteiger partial charge >= 0.3 is 0 Å². The average Bonchev–Trinajstić information content (AvgIpc) is 2.64. The van der Waals surface area contributed by atoms with Gasteiger partial charge in [-0.1, -0.05) is 31.4 Å². The quantitative estimate of drug-likeness (QED) is 0.559. The van der Waals surface area contributed by atoms with E-state index in [9.17, 15) is 18.8 Å². The molecule has 0 saturated heterocycles. The molecule has 1 saturated carbocycles. The van der Waals surface area contributed by atoms with Crippen molar-refractivity contribution in [3.05, 3.63) is 41.7 Å². The van der Waals surface area contributed by atoms with E-state index in [0.717, 1.165) is 32.1 Å². The Labute approximate surface area is 145 Å². The van der Waals surface area contributed by atoms with Crippen molar-refractivity contribution in [1.82, 2.24) is 16.2 Å². The van der Waals surface area contributed by atoms with Gasteiger partial charge in [-0.25, -0.2) is 4.39 Å². The zero-order chi connectivity index (χ0) is 18.1. The summed E-state index contributed by atoms with van der Waals surface area (Å²) in [5.41, 5.74) is 5.09. The van der Waals surface area contributed by atoms with E-state index in [0.29, 0.717) is 5.56 Å². The maximum absolute atomic E-state index is 12.8. The molecule has 1 fully saturated rings. The highest BCUT2D eigenvalue weighted by Gasteiger charge is 2.21. The Hall–Kier alpha value is -2.70. The maximum atomic E-state index is 12.8. The molecule has 0 atom stereocenters. The second kappa shape index (κ2) is 9.56. The van der Waals surface area contributed by atoms with Crippen LogP contribution in [0.25, 0.3) is 6.08 Å². The molecule has 1 aliphatic rings. The van der Waals surface area contributed by atoms with Gasteiger partial charge in [0.05, 0.1) is 6.54 Å². The molecular weight excluding hydrogens is 325 g/mol. The van der Waals surface area contributed by atoms with Gasteiger partial charge in [0.2, 0.25) is 5.91 Å². The zero-order valence-corrected chi connectivity index (χ0v) is 13.9. The molecule has 0 unspecified atom stereocenters. The molecule has 25 heavy (non-hydrogen) atoms. The third-order valence-corrected chi connectivity index (χ3v) is 4.02. The number of benzene rings is 1. The molecule has 1 aromatic rings. The Morgan fingerprint density at radius 1 is 1.04 bits per heavy atom. The summed E-state index contributed by atoms with van der Waals surface area (Å²) in [6.45, 7) is -0.183. The summed E-state index contributed by atoms with van der Waals surface area (Å²) in [6.07, 6.45) is 7.67. The molecule has 0 bridgehead atoms. The standard InChI is InChI=1S/C18H22FN3O3/c19-15-9-6-13(7-10-15)8-11-16(23)21-22-17(24)12-20-18(25)14-4-2-1-3-5-14/h6-11,14H,1-5,12H2,(H,20,25)(H,21,23)(H,22,24)/b11-8+. The monoisotopic (exact) mass is 347 g/mol. The first kappa shape index (κ1) is 18.6. The van der Waals surface area contributed by atoms with Crippen LogP contribution in [0.3, 0.4) is 0 Å². The van der Waals surface area contributed by atoms with Crippen molar-refractivity contribution in [2.45, 2.75) is 32.1 Å². The smallest absolute Gasteiger partial charge is 0.262 e. The summed E-state index contributed by atoms with van der Waals surface area (Å²) >= 11 is 0.